The van der Waals surface area contributed by atoms with Crippen LogP contribution >= 0.6 is 11.3 Å². The summed E-state index contributed by atoms with van der Waals surface area (Å²) in [5.74, 6) is 0.475. The highest BCUT2D eigenvalue weighted by Crippen LogP contribution is 2.32. The zero-order chi connectivity index (χ0) is 17.4. The van der Waals surface area contributed by atoms with Crippen molar-refractivity contribution in [3.63, 3.8) is 0 Å². The SMILES string of the molecule is CC1Oc2ccc(NC(=O)c3cc(-c4cccs4)on3)cc2NC1=O. The number of carbonyl (C=O) groups is 2. The number of ether oxygens (including phenoxy) is 1. The van der Waals surface area contributed by atoms with Gasteiger partial charge in [0.15, 0.2) is 17.6 Å². The molecular formula is C17H13N3O4S. The Kier molecular flexibility index (Phi) is 3.73. The number of rotatable bonds is 3. The molecule has 0 radical (unpaired) electrons. The van der Waals surface area contributed by atoms with Crippen LogP contribution in [0.5, 0.6) is 5.75 Å². The third-order valence-corrected chi connectivity index (χ3v) is 4.56. The minimum absolute atomic E-state index is 0.176. The predicted octanol–water partition coefficient (Wildman–Crippen LogP) is 3.37. The summed E-state index contributed by atoms with van der Waals surface area (Å²) in [7, 11) is 0. The van der Waals surface area contributed by atoms with Crippen molar-refractivity contribution in [1.82, 2.24) is 5.16 Å². The van der Waals surface area contributed by atoms with Gasteiger partial charge in [0.25, 0.3) is 11.8 Å². The minimum atomic E-state index is -0.543. The highest BCUT2D eigenvalue weighted by molar-refractivity contribution is 7.13. The van der Waals surface area contributed by atoms with Crippen LogP contribution in [0.3, 0.4) is 0 Å². The molecule has 7 nitrogen and oxygen atoms in total. The number of hydrogen-bond acceptors (Lipinski definition) is 6. The summed E-state index contributed by atoms with van der Waals surface area (Å²) in [5, 5.41) is 11.2. The Bertz CT molecular complexity index is 949. The van der Waals surface area contributed by atoms with E-state index in [1.54, 1.807) is 31.2 Å². The van der Waals surface area contributed by atoms with E-state index in [9.17, 15) is 9.59 Å². The summed E-state index contributed by atoms with van der Waals surface area (Å²) < 4.78 is 10.7. The Morgan fingerprint density at radius 3 is 3.00 bits per heavy atom. The molecule has 8 heteroatoms. The minimum Gasteiger partial charge on any atom is -0.479 e. The summed E-state index contributed by atoms with van der Waals surface area (Å²) in [4.78, 5) is 24.9. The van der Waals surface area contributed by atoms with Gasteiger partial charge in [-0.3, -0.25) is 9.59 Å². The van der Waals surface area contributed by atoms with E-state index >= 15 is 0 Å². The summed E-state index contributed by atoms with van der Waals surface area (Å²) in [6.07, 6.45) is -0.543. The van der Waals surface area contributed by atoms with Gasteiger partial charge in [0.1, 0.15) is 5.75 Å². The molecule has 25 heavy (non-hydrogen) atoms. The maximum absolute atomic E-state index is 12.3. The van der Waals surface area contributed by atoms with Crippen LogP contribution in [0.1, 0.15) is 17.4 Å². The second-order valence-corrected chi connectivity index (χ2v) is 6.42. The molecule has 0 saturated heterocycles. The average Bonchev–Trinajstić information content (AvgIpc) is 3.27. The third-order valence-electron chi connectivity index (χ3n) is 3.68. The van der Waals surface area contributed by atoms with Gasteiger partial charge in [-0.05, 0) is 36.6 Å². The van der Waals surface area contributed by atoms with E-state index in [0.717, 1.165) is 4.88 Å². The maximum Gasteiger partial charge on any atom is 0.277 e. The molecule has 126 valence electrons. The molecule has 1 atom stereocenters. The molecule has 4 rings (SSSR count). The van der Waals surface area contributed by atoms with Crippen molar-refractivity contribution < 1.29 is 18.8 Å². The number of thiophene rings is 1. The number of fused-ring (bicyclic) bond motifs is 1. The van der Waals surface area contributed by atoms with Crippen LogP contribution in [0.4, 0.5) is 11.4 Å². The van der Waals surface area contributed by atoms with E-state index in [4.69, 9.17) is 9.26 Å². The summed E-state index contributed by atoms with van der Waals surface area (Å²) >= 11 is 1.50. The number of benzene rings is 1. The number of hydrogen-bond donors (Lipinski definition) is 2. The zero-order valence-electron chi connectivity index (χ0n) is 13.1. The smallest absolute Gasteiger partial charge is 0.277 e. The summed E-state index contributed by atoms with van der Waals surface area (Å²) in [6.45, 7) is 1.67. The molecule has 2 amide bonds. The highest BCUT2D eigenvalue weighted by Gasteiger charge is 2.24. The molecule has 3 heterocycles. The van der Waals surface area contributed by atoms with Gasteiger partial charge in [-0.15, -0.1) is 11.3 Å². The van der Waals surface area contributed by atoms with Crippen molar-refractivity contribution in [3.05, 3.63) is 47.5 Å². The van der Waals surface area contributed by atoms with Gasteiger partial charge in [-0.2, -0.15) is 0 Å². The molecule has 1 aliphatic heterocycles. The fourth-order valence-electron chi connectivity index (χ4n) is 2.40. The first kappa shape index (κ1) is 15.4. The molecule has 1 aromatic carbocycles. The number of anilines is 2. The summed E-state index contributed by atoms with van der Waals surface area (Å²) in [6, 6.07) is 10.4. The van der Waals surface area contributed by atoms with E-state index in [2.05, 4.69) is 15.8 Å². The number of carbonyl (C=O) groups excluding carboxylic acids is 2. The lowest BCUT2D eigenvalue weighted by molar-refractivity contribution is -0.122. The quantitative estimate of drug-likeness (QED) is 0.751. The molecule has 2 N–H and O–H groups in total. The van der Waals surface area contributed by atoms with Crippen molar-refractivity contribution in [2.24, 2.45) is 0 Å². The fourth-order valence-corrected chi connectivity index (χ4v) is 3.07. The molecule has 1 unspecified atom stereocenters. The Morgan fingerprint density at radius 2 is 2.20 bits per heavy atom. The first-order chi connectivity index (χ1) is 12.1. The average molecular weight is 355 g/mol. The summed E-state index contributed by atoms with van der Waals surface area (Å²) in [5.41, 5.74) is 1.21. The van der Waals surface area contributed by atoms with Gasteiger partial charge in [0, 0.05) is 11.8 Å². The largest absolute Gasteiger partial charge is 0.479 e. The van der Waals surface area contributed by atoms with E-state index < -0.39 is 12.0 Å². The van der Waals surface area contributed by atoms with Crippen molar-refractivity contribution >= 4 is 34.5 Å². The maximum atomic E-state index is 12.3. The molecule has 1 aliphatic rings. The molecule has 0 bridgehead atoms. The van der Waals surface area contributed by atoms with Crippen molar-refractivity contribution in [1.29, 1.82) is 0 Å². The lowest BCUT2D eigenvalue weighted by Gasteiger charge is -2.23. The van der Waals surface area contributed by atoms with Crippen LogP contribution in [0.25, 0.3) is 10.6 Å². The molecule has 0 spiro atoms. The van der Waals surface area contributed by atoms with Crippen LogP contribution in [0.15, 0.2) is 46.3 Å². The Balaban J connectivity index is 1.52. The van der Waals surface area contributed by atoms with E-state index in [-0.39, 0.29) is 11.6 Å². The molecule has 3 aromatic rings. The predicted molar refractivity (Wildman–Crippen MR) is 92.9 cm³/mol. The normalized spacial score (nSPS) is 15.9. The molecule has 0 saturated carbocycles. The molecule has 2 aromatic heterocycles. The van der Waals surface area contributed by atoms with Gasteiger partial charge in [0.2, 0.25) is 0 Å². The first-order valence-corrected chi connectivity index (χ1v) is 8.41. The fraction of sp³-hybridized carbons (Fsp3) is 0.118. The monoisotopic (exact) mass is 355 g/mol. The van der Waals surface area contributed by atoms with Gasteiger partial charge in [-0.1, -0.05) is 11.2 Å². The zero-order valence-corrected chi connectivity index (χ0v) is 13.9. The van der Waals surface area contributed by atoms with Crippen LogP contribution in [-0.2, 0) is 4.79 Å². The van der Waals surface area contributed by atoms with E-state index in [0.29, 0.717) is 22.9 Å². The third kappa shape index (κ3) is 2.99. The number of nitrogens with zero attached hydrogens (tertiary/aromatic N) is 1. The van der Waals surface area contributed by atoms with Crippen molar-refractivity contribution in [2.45, 2.75) is 13.0 Å². The molecule has 0 aliphatic carbocycles. The Morgan fingerprint density at radius 1 is 1.32 bits per heavy atom. The topological polar surface area (TPSA) is 93.5 Å². The van der Waals surface area contributed by atoms with Gasteiger partial charge < -0.3 is 19.9 Å². The van der Waals surface area contributed by atoms with E-state index in [1.807, 2.05) is 17.5 Å². The molecule has 0 fully saturated rings. The van der Waals surface area contributed by atoms with Crippen LogP contribution in [-0.4, -0.2) is 23.1 Å². The van der Waals surface area contributed by atoms with Crippen molar-refractivity contribution in [3.8, 4) is 16.4 Å². The first-order valence-electron chi connectivity index (χ1n) is 7.53. The van der Waals surface area contributed by atoms with E-state index in [1.165, 1.54) is 11.3 Å². The standard InChI is InChI=1S/C17H13N3O4S/c1-9-16(21)19-11-7-10(4-5-13(11)23-9)18-17(22)12-8-14(24-20-12)15-3-2-6-25-15/h2-9H,1H3,(H,18,22)(H,19,21). The van der Waals surface area contributed by atoms with Crippen LogP contribution in [0, 0.1) is 0 Å². The van der Waals surface area contributed by atoms with Crippen molar-refractivity contribution in [2.75, 3.05) is 10.6 Å². The Labute approximate surface area is 146 Å². The second-order valence-electron chi connectivity index (χ2n) is 5.47. The number of nitrogens with one attached hydrogen (secondary N) is 2. The van der Waals surface area contributed by atoms with Crippen LogP contribution < -0.4 is 15.4 Å². The van der Waals surface area contributed by atoms with Gasteiger partial charge in [-0.25, -0.2) is 0 Å². The second kappa shape index (κ2) is 6.06. The van der Waals surface area contributed by atoms with Crippen LogP contribution in [0.2, 0.25) is 0 Å². The molecular weight excluding hydrogens is 342 g/mol. The van der Waals surface area contributed by atoms with Gasteiger partial charge in [0.05, 0.1) is 10.6 Å². The lowest BCUT2D eigenvalue weighted by atomic mass is 10.2. The number of amides is 2. The highest BCUT2D eigenvalue weighted by atomic mass is 32.1. The number of aromatic nitrogens is 1. The Hall–Kier alpha value is -3.13. The lowest BCUT2D eigenvalue weighted by Crippen LogP contribution is -2.34. The van der Waals surface area contributed by atoms with Gasteiger partial charge >= 0.3 is 0 Å².